The van der Waals surface area contributed by atoms with Crippen molar-refractivity contribution in [3.8, 4) is 0 Å². The number of nitrogens with zero attached hydrogens (tertiary/aromatic N) is 3. The molecule has 1 saturated heterocycles. The van der Waals surface area contributed by atoms with Gasteiger partial charge in [0.2, 0.25) is 10.0 Å². The topological polar surface area (TPSA) is 108 Å². The zero-order chi connectivity index (χ0) is 24.0. The van der Waals surface area contributed by atoms with Crippen molar-refractivity contribution in [1.82, 2.24) is 14.5 Å². The first-order valence-electron chi connectivity index (χ1n) is 10.8. The lowest BCUT2D eigenvalue weighted by Gasteiger charge is -2.32. The number of likely N-dealkylation sites (tertiary alicyclic amines) is 1. The minimum absolute atomic E-state index is 0.0360. The lowest BCUT2D eigenvalue weighted by atomic mass is 10.0. The van der Waals surface area contributed by atoms with Gasteiger partial charge in [-0.25, -0.2) is 17.5 Å². The van der Waals surface area contributed by atoms with E-state index in [4.69, 9.17) is 0 Å². The standard InChI is InChI=1S/C22H30FN5O4S/c1-26(2)14-11-24-33(31,32)20-7-8-21(22(15-20)28(29)30)25-19-9-12-27(13-10-19)16-17-3-5-18(23)6-4-17/h3-8,15,19,24-25H,9-14,16H2,1-2H3. The molecule has 0 amide bonds. The first-order valence-corrected chi connectivity index (χ1v) is 12.3. The minimum atomic E-state index is -3.84. The van der Waals surface area contributed by atoms with Gasteiger partial charge < -0.3 is 10.2 Å². The molecule has 1 aliphatic heterocycles. The fourth-order valence-electron chi connectivity index (χ4n) is 3.74. The summed E-state index contributed by atoms with van der Waals surface area (Å²) in [6.07, 6.45) is 1.56. The molecule has 0 aromatic heterocycles. The molecule has 0 radical (unpaired) electrons. The van der Waals surface area contributed by atoms with Crippen molar-refractivity contribution in [2.45, 2.75) is 30.3 Å². The average molecular weight is 480 g/mol. The maximum Gasteiger partial charge on any atom is 0.293 e. The van der Waals surface area contributed by atoms with Gasteiger partial charge in [0.05, 0.1) is 9.82 Å². The molecule has 3 rings (SSSR count). The van der Waals surface area contributed by atoms with Crippen LogP contribution < -0.4 is 10.0 Å². The van der Waals surface area contributed by atoms with Crippen LogP contribution in [0.5, 0.6) is 0 Å². The summed E-state index contributed by atoms with van der Waals surface area (Å²) in [5, 5.41) is 14.9. The van der Waals surface area contributed by atoms with Gasteiger partial charge in [-0.05, 0) is 56.8 Å². The minimum Gasteiger partial charge on any atom is -0.377 e. The number of hydrogen-bond acceptors (Lipinski definition) is 7. The Morgan fingerprint density at radius 1 is 1.15 bits per heavy atom. The third kappa shape index (κ3) is 7.19. The second kappa shape index (κ2) is 11.0. The smallest absolute Gasteiger partial charge is 0.293 e. The highest BCUT2D eigenvalue weighted by Crippen LogP contribution is 2.29. The summed E-state index contributed by atoms with van der Waals surface area (Å²) in [7, 11) is -0.188. The summed E-state index contributed by atoms with van der Waals surface area (Å²) < 4.78 is 40.5. The number of nitro benzene ring substituents is 1. The van der Waals surface area contributed by atoms with Crippen LogP contribution in [0.1, 0.15) is 18.4 Å². The molecule has 11 heteroatoms. The predicted molar refractivity (Wildman–Crippen MR) is 125 cm³/mol. The molecule has 1 aliphatic rings. The van der Waals surface area contributed by atoms with Crippen LogP contribution in [0.4, 0.5) is 15.8 Å². The molecule has 0 atom stereocenters. The first kappa shape index (κ1) is 25.0. The molecular formula is C22H30FN5O4S. The Labute approximate surface area is 193 Å². The number of piperidine rings is 1. The van der Waals surface area contributed by atoms with Crippen molar-refractivity contribution >= 4 is 21.4 Å². The molecule has 0 bridgehead atoms. The summed E-state index contributed by atoms with van der Waals surface area (Å²) in [6, 6.07) is 10.4. The number of rotatable bonds is 10. The maximum absolute atomic E-state index is 13.1. The van der Waals surface area contributed by atoms with Crippen LogP contribution in [0.3, 0.4) is 0 Å². The van der Waals surface area contributed by atoms with Crippen molar-refractivity contribution in [3.63, 3.8) is 0 Å². The maximum atomic E-state index is 13.1. The Kier molecular flexibility index (Phi) is 8.35. The van der Waals surface area contributed by atoms with Gasteiger partial charge in [-0.2, -0.15) is 0 Å². The lowest BCUT2D eigenvalue weighted by Crippen LogP contribution is -2.38. The van der Waals surface area contributed by atoms with Gasteiger partial charge in [-0.15, -0.1) is 0 Å². The van der Waals surface area contributed by atoms with Crippen molar-refractivity contribution in [2.24, 2.45) is 0 Å². The molecule has 1 heterocycles. The van der Waals surface area contributed by atoms with Gasteiger partial charge in [0, 0.05) is 44.8 Å². The number of benzene rings is 2. The van der Waals surface area contributed by atoms with Gasteiger partial charge in [-0.1, -0.05) is 12.1 Å². The summed E-state index contributed by atoms with van der Waals surface area (Å²) in [5.74, 6) is -0.258. The Bertz CT molecular complexity index is 1050. The molecular weight excluding hydrogens is 449 g/mol. The molecule has 2 aromatic rings. The number of halogens is 1. The van der Waals surface area contributed by atoms with Gasteiger partial charge >= 0.3 is 0 Å². The Morgan fingerprint density at radius 3 is 2.42 bits per heavy atom. The van der Waals surface area contributed by atoms with Crippen LogP contribution in [0, 0.1) is 15.9 Å². The fourth-order valence-corrected chi connectivity index (χ4v) is 4.78. The second-order valence-electron chi connectivity index (χ2n) is 8.46. The van der Waals surface area contributed by atoms with Crippen molar-refractivity contribution in [2.75, 3.05) is 45.6 Å². The lowest BCUT2D eigenvalue weighted by molar-refractivity contribution is -0.384. The fraction of sp³-hybridized carbons (Fsp3) is 0.455. The molecule has 0 saturated carbocycles. The highest BCUT2D eigenvalue weighted by Gasteiger charge is 2.25. The SMILES string of the molecule is CN(C)CCNS(=O)(=O)c1ccc(NC2CCN(Cc3ccc(F)cc3)CC2)c([N+](=O)[O-])c1. The summed E-state index contributed by atoms with van der Waals surface area (Å²) in [4.78, 5) is 15.0. The first-order chi connectivity index (χ1) is 15.6. The second-order valence-corrected chi connectivity index (χ2v) is 10.2. The van der Waals surface area contributed by atoms with Crippen LogP contribution in [0.25, 0.3) is 0 Å². The molecule has 9 nitrogen and oxygen atoms in total. The van der Waals surface area contributed by atoms with E-state index in [-0.39, 0.29) is 29.0 Å². The van der Waals surface area contributed by atoms with Crippen molar-refractivity contribution in [1.29, 1.82) is 0 Å². The molecule has 180 valence electrons. The van der Waals surface area contributed by atoms with Gasteiger partial charge in [0.15, 0.2) is 0 Å². The van der Waals surface area contributed by atoms with Crippen molar-refractivity contribution in [3.05, 3.63) is 64.0 Å². The normalized spacial score (nSPS) is 15.6. The van der Waals surface area contributed by atoms with E-state index < -0.39 is 14.9 Å². The summed E-state index contributed by atoms with van der Waals surface area (Å²) in [5.41, 5.74) is 1.08. The Hall–Kier alpha value is -2.60. The number of nitrogens with one attached hydrogen (secondary N) is 2. The molecule has 2 N–H and O–H groups in total. The van der Waals surface area contributed by atoms with Crippen LogP contribution in [0.15, 0.2) is 47.4 Å². The molecule has 0 unspecified atom stereocenters. The van der Waals surface area contributed by atoms with E-state index >= 15 is 0 Å². The van der Waals surface area contributed by atoms with E-state index in [0.29, 0.717) is 12.2 Å². The van der Waals surface area contributed by atoms with E-state index in [1.54, 1.807) is 12.1 Å². The van der Waals surface area contributed by atoms with Crippen LogP contribution in [-0.2, 0) is 16.6 Å². The molecule has 33 heavy (non-hydrogen) atoms. The van der Waals surface area contributed by atoms with E-state index in [1.165, 1.54) is 24.3 Å². The number of nitro groups is 1. The zero-order valence-corrected chi connectivity index (χ0v) is 19.6. The highest BCUT2D eigenvalue weighted by molar-refractivity contribution is 7.89. The average Bonchev–Trinajstić information content (AvgIpc) is 2.76. The highest BCUT2D eigenvalue weighted by atomic mass is 32.2. The predicted octanol–water partition coefficient (Wildman–Crippen LogP) is 2.65. The molecule has 0 aliphatic carbocycles. The number of anilines is 1. The van der Waals surface area contributed by atoms with E-state index in [0.717, 1.165) is 44.1 Å². The van der Waals surface area contributed by atoms with Gasteiger partial charge in [-0.3, -0.25) is 15.0 Å². The summed E-state index contributed by atoms with van der Waals surface area (Å²) >= 11 is 0. The van der Waals surface area contributed by atoms with E-state index in [2.05, 4.69) is 14.9 Å². The van der Waals surface area contributed by atoms with Crippen LogP contribution in [-0.4, -0.2) is 69.5 Å². The zero-order valence-electron chi connectivity index (χ0n) is 18.8. The monoisotopic (exact) mass is 479 g/mol. The van der Waals surface area contributed by atoms with Gasteiger partial charge in [0.25, 0.3) is 5.69 Å². The number of likely N-dealkylation sites (N-methyl/N-ethyl adjacent to an activating group) is 1. The quantitative estimate of drug-likeness (QED) is 0.398. The van der Waals surface area contributed by atoms with E-state index in [9.17, 15) is 22.9 Å². The number of sulfonamides is 1. The van der Waals surface area contributed by atoms with Crippen LogP contribution in [0.2, 0.25) is 0 Å². The third-order valence-corrected chi connectivity index (χ3v) is 7.05. The Balaban J connectivity index is 1.61. The Morgan fingerprint density at radius 2 is 1.82 bits per heavy atom. The van der Waals surface area contributed by atoms with E-state index in [1.807, 2.05) is 19.0 Å². The van der Waals surface area contributed by atoms with Crippen molar-refractivity contribution < 1.29 is 17.7 Å². The largest absolute Gasteiger partial charge is 0.377 e. The molecule has 0 spiro atoms. The molecule has 1 fully saturated rings. The number of hydrogen-bond donors (Lipinski definition) is 2. The van der Waals surface area contributed by atoms with Gasteiger partial charge in [0.1, 0.15) is 11.5 Å². The van der Waals surface area contributed by atoms with Crippen LogP contribution >= 0.6 is 0 Å². The third-order valence-electron chi connectivity index (χ3n) is 5.59. The molecule has 2 aromatic carbocycles. The summed E-state index contributed by atoms with van der Waals surface area (Å²) in [6.45, 7) is 3.04.